The van der Waals surface area contributed by atoms with Crippen molar-refractivity contribution in [3.8, 4) is 11.3 Å². The molecule has 0 saturated heterocycles. The van der Waals surface area contributed by atoms with Gasteiger partial charge in [0.2, 0.25) is 15.8 Å². The van der Waals surface area contributed by atoms with Crippen molar-refractivity contribution in [2.75, 3.05) is 6.61 Å². The van der Waals surface area contributed by atoms with E-state index in [2.05, 4.69) is 4.98 Å². The van der Waals surface area contributed by atoms with Crippen molar-refractivity contribution in [1.29, 1.82) is 0 Å². The third-order valence-corrected chi connectivity index (χ3v) is 6.11. The number of halogens is 1. The number of nitrogens with two attached hydrogens (primary N) is 1. The number of ketones is 1. The maximum atomic E-state index is 13.1. The number of aromatic amines is 1. The predicted molar refractivity (Wildman–Crippen MR) is 121 cm³/mol. The first-order valence-corrected chi connectivity index (χ1v) is 11.4. The zero-order chi connectivity index (χ0) is 22.9. The molecule has 0 unspecified atom stereocenters. The van der Waals surface area contributed by atoms with Crippen molar-refractivity contribution >= 4 is 44.3 Å². The molecule has 0 aliphatic carbocycles. The maximum Gasteiger partial charge on any atom is 0.340 e. The number of sulfonamides is 1. The number of nitrogens with one attached hydrogen (secondary N) is 1. The Bertz CT molecular complexity index is 1450. The summed E-state index contributed by atoms with van der Waals surface area (Å²) in [5, 5.41) is 5.78. The van der Waals surface area contributed by atoms with Crippen LogP contribution in [0.1, 0.15) is 20.7 Å². The van der Waals surface area contributed by atoms with Gasteiger partial charge in [-0.3, -0.25) is 4.79 Å². The second kappa shape index (κ2) is 8.58. The lowest BCUT2D eigenvalue weighted by molar-refractivity contribution is 0.0475. The molecule has 3 N–H and O–H groups in total. The van der Waals surface area contributed by atoms with Gasteiger partial charge in [-0.25, -0.2) is 18.4 Å². The molecule has 3 aromatic carbocycles. The minimum atomic E-state index is -4.04. The summed E-state index contributed by atoms with van der Waals surface area (Å²) in [5.74, 6) is -1.36. The zero-order valence-corrected chi connectivity index (χ0v) is 18.1. The van der Waals surface area contributed by atoms with Gasteiger partial charge in [0, 0.05) is 10.9 Å². The molecule has 4 aromatic rings. The first-order valence-electron chi connectivity index (χ1n) is 9.44. The smallest absolute Gasteiger partial charge is 0.340 e. The van der Waals surface area contributed by atoms with Crippen LogP contribution in [0.3, 0.4) is 0 Å². The van der Waals surface area contributed by atoms with Crippen molar-refractivity contribution in [2.45, 2.75) is 4.90 Å². The molecule has 1 aromatic heterocycles. The first-order chi connectivity index (χ1) is 15.3. The van der Waals surface area contributed by atoms with E-state index < -0.39 is 28.4 Å². The fourth-order valence-corrected chi connectivity index (χ4v) is 4.11. The molecule has 9 heteroatoms. The van der Waals surface area contributed by atoms with E-state index in [9.17, 15) is 18.0 Å². The predicted octanol–water partition coefficient (Wildman–Crippen LogP) is 4.18. The van der Waals surface area contributed by atoms with Crippen LogP contribution in [0, 0.1) is 0 Å². The van der Waals surface area contributed by atoms with E-state index in [1.807, 2.05) is 48.5 Å². The van der Waals surface area contributed by atoms with Crippen LogP contribution in [0.2, 0.25) is 5.02 Å². The van der Waals surface area contributed by atoms with Gasteiger partial charge in [0.25, 0.3) is 0 Å². The summed E-state index contributed by atoms with van der Waals surface area (Å²) in [5.41, 5.74) is 2.38. The maximum absolute atomic E-state index is 13.1. The number of hydrogen-bond acceptors (Lipinski definition) is 5. The van der Waals surface area contributed by atoms with E-state index in [1.165, 1.54) is 12.1 Å². The third-order valence-electron chi connectivity index (χ3n) is 4.87. The van der Waals surface area contributed by atoms with Gasteiger partial charge < -0.3 is 9.72 Å². The highest BCUT2D eigenvalue weighted by Crippen LogP contribution is 2.31. The standard InChI is InChI=1S/C23H17ClN2O5S/c24-18-11-10-15(32(25,29)30)12-17(18)23(28)31-13-20(27)21-16-8-4-5-9-19(16)26-22(21)14-6-2-1-3-7-14/h1-12,26H,13H2,(H2,25,29,30). The number of ether oxygens (including phenoxy) is 1. The molecule has 162 valence electrons. The van der Waals surface area contributed by atoms with Crippen LogP contribution < -0.4 is 5.14 Å². The number of hydrogen-bond donors (Lipinski definition) is 2. The molecule has 0 aliphatic rings. The quantitative estimate of drug-likeness (QED) is 0.325. The summed E-state index contributed by atoms with van der Waals surface area (Å²) in [6.45, 7) is -0.559. The summed E-state index contributed by atoms with van der Waals surface area (Å²) in [6, 6.07) is 20.1. The van der Waals surface area contributed by atoms with Crippen LogP contribution in [-0.2, 0) is 14.8 Å². The minimum Gasteiger partial charge on any atom is -0.454 e. The summed E-state index contributed by atoms with van der Waals surface area (Å²) < 4.78 is 28.3. The van der Waals surface area contributed by atoms with Gasteiger partial charge in [-0.05, 0) is 29.8 Å². The van der Waals surface area contributed by atoms with E-state index in [0.717, 1.165) is 17.1 Å². The fourth-order valence-electron chi connectivity index (χ4n) is 3.37. The lowest BCUT2D eigenvalue weighted by Gasteiger charge is -2.08. The number of benzene rings is 3. The average Bonchev–Trinajstić information content (AvgIpc) is 3.17. The number of carbonyl (C=O) groups excluding carboxylic acids is 2. The summed E-state index contributed by atoms with van der Waals surface area (Å²) in [6.07, 6.45) is 0. The highest BCUT2D eigenvalue weighted by molar-refractivity contribution is 7.89. The molecule has 0 spiro atoms. The molecule has 0 bridgehead atoms. The molecule has 0 radical (unpaired) electrons. The molecular formula is C23H17ClN2O5S. The summed E-state index contributed by atoms with van der Waals surface area (Å²) in [4.78, 5) is 28.6. The van der Waals surface area contributed by atoms with E-state index in [1.54, 1.807) is 6.07 Å². The van der Waals surface area contributed by atoms with Crippen molar-refractivity contribution in [3.63, 3.8) is 0 Å². The van der Waals surface area contributed by atoms with Gasteiger partial charge in [-0.2, -0.15) is 0 Å². The van der Waals surface area contributed by atoms with E-state index in [0.29, 0.717) is 16.6 Å². The topological polar surface area (TPSA) is 119 Å². The molecule has 32 heavy (non-hydrogen) atoms. The number of fused-ring (bicyclic) bond motifs is 1. The molecule has 4 rings (SSSR count). The van der Waals surface area contributed by atoms with Gasteiger partial charge in [-0.15, -0.1) is 0 Å². The number of primary sulfonamides is 1. The van der Waals surface area contributed by atoms with Gasteiger partial charge in [0.1, 0.15) is 0 Å². The fraction of sp³-hybridized carbons (Fsp3) is 0.0435. The Hall–Kier alpha value is -3.46. The van der Waals surface area contributed by atoms with E-state index in [-0.39, 0.29) is 15.5 Å². The molecular weight excluding hydrogens is 452 g/mol. The molecule has 0 saturated carbocycles. The lowest BCUT2D eigenvalue weighted by Crippen LogP contribution is -2.17. The van der Waals surface area contributed by atoms with Crippen molar-refractivity contribution in [2.24, 2.45) is 5.14 Å². The number of rotatable bonds is 6. The molecule has 7 nitrogen and oxygen atoms in total. The number of H-pyrrole nitrogens is 1. The van der Waals surface area contributed by atoms with Gasteiger partial charge in [0.15, 0.2) is 6.61 Å². The summed E-state index contributed by atoms with van der Waals surface area (Å²) in [7, 11) is -4.04. The van der Waals surface area contributed by atoms with Crippen molar-refractivity contribution in [3.05, 3.63) is 88.9 Å². The SMILES string of the molecule is NS(=O)(=O)c1ccc(Cl)c(C(=O)OCC(=O)c2c(-c3ccccc3)[nH]c3ccccc23)c1. The highest BCUT2D eigenvalue weighted by Gasteiger charge is 2.22. The van der Waals surface area contributed by atoms with Crippen molar-refractivity contribution in [1.82, 2.24) is 4.98 Å². The van der Waals surface area contributed by atoms with E-state index in [4.69, 9.17) is 21.5 Å². The second-order valence-corrected chi connectivity index (χ2v) is 8.94. The van der Waals surface area contributed by atoms with E-state index >= 15 is 0 Å². The number of Topliss-reactive ketones (excluding diaryl/α,β-unsaturated/α-hetero) is 1. The van der Waals surface area contributed by atoms with Crippen molar-refractivity contribution < 1.29 is 22.7 Å². The molecule has 0 fully saturated rings. The largest absolute Gasteiger partial charge is 0.454 e. The van der Waals surface area contributed by atoms with Gasteiger partial charge >= 0.3 is 5.97 Å². The molecule has 0 atom stereocenters. The number of para-hydroxylation sites is 1. The number of aromatic nitrogens is 1. The van der Waals surface area contributed by atoms with Crippen LogP contribution >= 0.6 is 11.6 Å². The van der Waals surface area contributed by atoms with Gasteiger partial charge in [0.05, 0.1) is 26.7 Å². The third kappa shape index (κ3) is 4.29. The first kappa shape index (κ1) is 21.8. The highest BCUT2D eigenvalue weighted by atomic mass is 35.5. The van der Waals surface area contributed by atoms with Crippen LogP contribution in [-0.4, -0.2) is 31.8 Å². The molecule has 1 heterocycles. The molecule has 0 amide bonds. The Morgan fingerprint density at radius 1 is 0.969 bits per heavy atom. The van der Waals surface area contributed by atoms with Crippen LogP contribution in [0.4, 0.5) is 0 Å². The van der Waals surface area contributed by atoms with Crippen LogP contribution in [0.5, 0.6) is 0 Å². The minimum absolute atomic E-state index is 0.0214. The Kier molecular flexibility index (Phi) is 5.84. The summed E-state index contributed by atoms with van der Waals surface area (Å²) >= 11 is 6.01. The van der Waals surface area contributed by atoms with Gasteiger partial charge in [-0.1, -0.05) is 60.1 Å². The lowest BCUT2D eigenvalue weighted by atomic mass is 10.0. The Morgan fingerprint density at radius 2 is 1.66 bits per heavy atom. The number of esters is 1. The number of carbonyl (C=O) groups is 2. The Balaban J connectivity index is 1.64. The Labute approximate surface area is 188 Å². The molecule has 0 aliphatic heterocycles. The van der Waals surface area contributed by atoms with Crippen LogP contribution in [0.15, 0.2) is 77.7 Å². The average molecular weight is 469 g/mol. The van der Waals surface area contributed by atoms with Crippen LogP contribution in [0.25, 0.3) is 22.2 Å². The second-order valence-electron chi connectivity index (χ2n) is 6.97. The Morgan fingerprint density at radius 3 is 2.38 bits per heavy atom. The zero-order valence-electron chi connectivity index (χ0n) is 16.5. The normalized spacial score (nSPS) is 11.4. The monoisotopic (exact) mass is 468 g/mol.